The van der Waals surface area contributed by atoms with Gasteiger partial charge in [0.1, 0.15) is 10.6 Å². The summed E-state index contributed by atoms with van der Waals surface area (Å²) in [7, 11) is 0. The number of esters is 1. The average molecular weight is 228 g/mol. The van der Waals surface area contributed by atoms with Crippen LogP contribution in [-0.2, 0) is 22.5 Å². The highest BCUT2D eigenvalue weighted by Gasteiger charge is 2.17. The lowest BCUT2D eigenvalue weighted by Gasteiger charge is -2.18. The van der Waals surface area contributed by atoms with Crippen LogP contribution in [0.3, 0.4) is 0 Å². The molecule has 0 saturated heterocycles. The minimum Gasteiger partial charge on any atom is -0.460 e. The molecule has 0 atom stereocenters. The maximum Gasteiger partial charge on any atom is 0.312 e. The van der Waals surface area contributed by atoms with E-state index < -0.39 is 5.60 Å². The van der Waals surface area contributed by atoms with Gasteiger partial charge in [0.05, 0.1) is 12.1 Å². The molecule has 5 heteroatoms. The van der Waals surface area contributed by atoms with Gasteiger partial charge in [-0.25, -0.2) is 4.98 Å². The maximum absolute atomic E-state index is 11.4. The van der Waals surface area contributed by atoms with Gasteiger partial charge in [0.2, 0.25) is 0 Å². The first-order chi connectivity index (χ1) is 6.90. The lowest BCUT2D eigenvalue weighted by atomic mass is 10.2. The third kappa shape index (κ3) is 4.40. The van der Waals surface area contributed by atoms with Crippen LogP contribution in [0.4, 0.5) is 0 Å². The zero-order valence-corrected chi connectivity index (χ0v) is 10.1. The summed E-state index contributed by atoms with van der Waals surface area (Å²) in [5.74, 6) is -0.253. The molecule has 0 aliphatic heterocycles. The van der Waals surface area contributed by atoms with Crippen LogP contribution in [-0.4, -0.2) is 16.6 Å². The molecular weight excluding hydrogens is 212 g/mol. The van der Waals surface area contributed by atoms with Crippen LogP contribution in [0.15, 0.2) is 5.38 Å². The van der Waals surface area contributed by atoms with Crippen molar-refractivity contribution in [3.8, 4) is 0 Å². The van der Waals surface area contributed by atoms with Crippen LogP contribution in [0.1, 0.15) is 31.5 Å². The van der Waals surface area contributed by atoms with E-state index in [0.717, 1.165) is 10.7 Å². The summed E-state index contributed by atoms with van der Waals surface area (Å²) < 4.78 is 5.18. The number of rotatable bonds is 3. The summed E-state index contributed by atoms with van der Waals surface area (Å²) in [6, 6.07) is 0. The van der Waals surface area contributed by atoms with Gasteiger partial charge in [-0.3, -0.25) is 4.79 Å². The minimum atomic E-state index is -0.441. The Hall–Kier alpha value is -0.940. The zero-order valence-electron chi connectivity index (χ0n) is 9.24. The molecule has 0 aromatic carbocycles. The number of hydrogen-bond donors (Lipinski definition) is 1. The fraction of sp³-hybridized carbons (Fsp3) is 0.600. The van der Waals surface area contributed by atoms with Gasteiger partial charge in [-0.05, 0) is 20.8 Å². The molecule has 0 spiro atoms. The Labute approximate surface area is 93.5 Å². The molecule has 15 heavy (non-hydrogen) atoms. The molecule has 1 aromatic rings. The molecule has 0 saturated carbocycles. The number of carbonyl (C=O) groups is 1. The number of aromatic nitrogens is 1. The van der Waals surface area contributed by atoms with Gasteiger partial charge in [-0.15, -0.1) is 11.3 Å². The number of carbonyl (C=O) groups excluding carboxylic acids is 1. The molecule has 0 amide bonds. The van der Waals surface area contributed by atoms with Gasteiger partial charge in [-0.2, -0.15) is 0 Å². The maximum atomic E-state index is 11.4. The van der Waals surface area contributed by atoms with Crippen molar-refractivity contribution in [1.29, 1.82) is 0 Å². The van der Waals surface area contributed by atoms with Gasteiger partial charge >= 0.3 is 5.97 Å². The van der Waals surface area contributed by atoms with Crippen molar-refractivity contribution < 1.29 is 9.53 Å². The second-order valence-electron chi connectivity index (χ2n) is 4.20. The van der Waals surface area contributed by atoms with Crippen LogP contribution >= 0.6 is 11.3 Å². The first-order valence-corrected chi connectivity index (χ1v) is 5.64. The van der Waals surface area contributed by atoms with Crippen molar-refractivity contribution >= 4 is 17.3 Å². The van der Waals surface area contributed by atoms with E-state index >= 15 is 0 Å². The molecule has 0 aliphatic carbocycles. The zero-order chi connectivity index (χ0) is 11.5. The highest BCUT2D eigenvalue weighted by atomic mass is 32.1. The fourth-order valence-corrected chi connectivity index (χ4v) is 1.72. The lowest BCUT2D eigenvalue weighted by molar-refractivity contribution is -0.153. The lowest BCUT2D eigenvalue weighted by Crippen LogP contribution is -2.25. The van der Waals surface area contributed by atoms with Crippen LogP contribution < -0.4 is 5.73 Å². The molecular formula is C10H16N2O2S. The monoisotopic (exact) mass is 228 g/mol. The quantitative estimate of drug-likeness (QED) is 0.796. The molecule has 0 radical (unpaired) electrons. The third-order valence-electron chi connectivity index (χ3n) is 1.52. The average Bonchev–Trinajstić information content (AvgIpc) is 2.48. The van der Waals surface area contributed by atoms with Crippen LogP contribution in [0.25, 0.3) is 0 Å². The van der Waals surface area contributed by atoms with Crippen LogP contribution in [0.2, 0.25) is 0 Å². The van der Waals surface area contributed by atoms with Gasteiger partial charge < -0.3 is 10.5 Å². The molecule has 4 nitrogen and oxygen atoms in total. The Morgan fingerprint density at radius 3 is 2.73 bits per heavy atom. The second kappa shape index (κ2) is 4.72. The molecule has 84 valence electrons. The number of nitrogens with zero attached hydrogens (tertiary/aromatic N) is 1. The molecule has 0 unspecified atom stereocenters. The van der Waals surface area contributed by atoms with Gasteiger partial charge in [0.25, 0.3) is 0 Å². The smallest absolute Gasteiger partial charge is 0.312 e. The van der Waals surface area contributed by atoms with Crippen LogP contribution in [0, 0.1) is 0 Å². The van der Waals surface area contributed by atoms with E-state index in [1.165, 1.54) is 11.3 Å². The van der Waals surface area contributed by atoms with Crippen molar-refractivity contribution in [2.24, 2.45) is 5.73 Å². The number of nitrogens with two attached hydrogens (primary N) is 1. The van der Waals surface area contributed by atoms with E-state index in [2.05, 4.69) is 4.98 Å². The van der Waals surface area contributed by atoms with E-state index in [-0.39, 0.29) is 12.4 Å². The summed E-state index contributed by atoms with van der Waals surface area (Å²) in [4.78, 5) is 15.6. The molecule has 0 fully saturated rings. The topological polar surface area (TPSA) is 65.2 Å². The van der Waals surface area contributed by atoms with Crippen LogP contribution in [0.5, 0.6) is 0 Å². The second-order valence-corrected chi connectivity index (χ2v) is 5.14. The first kappa shape index (κ1) is 12.1. The van der Waals surface area contributed by atoms with Gasteiger partial charge in [0, 0.05) is 11.9 Å². The molecule has 1 heterocycles. The first-order valence-electron chi connectivity index (χ1n) is 4.76. The summed E-state index contributed by atoms with van der Waals surface area (Å²) in [6.07, 6.45) is 0.216. The van der Waals surface area contributed by atoms with Crippen molar-refractivity contribution in [3.05, 3.63) is 16.1 Å². The standard InChI is InChI=1S/C10H16N2O2S/c1-10(2,3)14-9(13)4-7-6-15-8(5-11)12-7/h6H,4-5,11H2,1-3H3. The summed E-state index contributed by atoms with van der Waals surface area (Å²) in [5, 5.41) is 2.68. The van der Waals surface area contributed by atoms with E-state index in [1.807, 2.05) is 26.2 Å². The molecule has 1 rings (SSSR count). The Kier molecular flexibility index (Phi) is 3.82. The molecule has 1 aromatic heterocycles. The highest BCUT2D eigenvalue weighted by Crippen LogP contribution is 2.12. The van der Waals surface area contributed by atoms with E-state index in [4.69, 9.17) is 10.5 Å². The summed E-state index contributed by atoms with van der Waals surface area (Å²) in [5.41, 5.74) is 5.72. The van der Waals surface area contributed by atoms with E-state index in [1.54, 1.807) is 0 Å². The van der Waals surface area contributed by atoms with Gasteiger partial charge in [0.15, 0.2) is 0 Å². The van der Waals surface area contributed by atoms with E-state index in [9.17, 15) is 4.79 Å². The Morgan fingerprint density at radius 2 is 2.27 bits per heavy atom. The number of ether oxygens (including phenoxy) is 1. The summed E-state index contributed by atoms with van der Waals surface area (Å²) in [6.45, 7) is 5.95. The van der Waals surface area contributed by atoms with Crippen molar-refractivity contribution in [3.63, 3.8) is 0 Å². The molecule has 0 aliphatic rings. The van der Waals surface area contributed by atoms with E-state index in [0.29, 0.717) is 6.54 Å². The Bertz CT molecular complexity index is 341. The number of hydrogen-bond acceptors (Lipinski definition) is 5. The fourth-order valence-electron chi connectivity index (χ4n) is 1.05. The highest BCUT2D eigenvalue weighted by molar-refractivity contribution is 7.09. The van der Waals surface area contributed by atoms with Crippen molar-refractivity contribution in [2.75, 3.05) is 0 Å². The SMILES string of the molecule is CC(C)(C)OC(=O)Cc1csc(CN)n1. The van der Waals surface area contributed by atoms with Crippen molar-refractivity contribution in [2.45, 2.75) is 39.3 Å². The Morgan fingerprint density at radius 1 is 1.60 bits per heavy atom. The third-order valence-corrected chi connectivity index (χ3v) is 2.44. The Balaban J connectivity index is 2.51. The largest absolute Gasteiger partial charge is 0.460 e. The van der Waals surface area contributed by atoms with Gasteiger partial charge in [-0.1, -0.05) is 0 Å². The predicted molar refractivity (Wildman–Crippen MR) is 59.6 cm³/mol. The molecule has 2 N–H and O–H groups in total. The molecule has 0 bridgehead atoms. The normalized spacial score (nSPS) is 11.5. The van der Waals surface area contributed by atoms with Crippen molar-refractivity contribution in [1.82, 2.24) is 4.98 Å². The minimum absolute atomic E-state index is 0.216. The number of thiazole rings is 1. The predicted octanol–water partition coefficient (Wildman–Crippen LogP) is 1.49. The summed E-state index contributed by atoms with van der Waals surface area (Å²) >= 11 is 1.47.